The highest BCUT2D eigenvalue weighted by Crippen LogP contribution is 2.33. The van der Waals surface area contributed by atoms with E-state index in [1.807, 2.05) is 24.3 Å². The fourth-order valence-electron chi connectivity index (χ4n) is 2.21. The van der Waals surface area contributed by atoms with Crippen LogP contribution in [0, 0.1) is 0 Å². The number of rotatable bonds is 2. The summed E-state index contributed by atoms with van der Waals surface area (Å²) in [6.45, 7) is 2.44. The molecule has 2 amide bonds. The second kappa shape index (κ2) is 5.57. The van der Waals surface area contributed by atoms with Crippen molar-refractivity contribution in [3.05, 3.63) is 41.3 Å². The van der Waals surface area contributed by atoms with E-state index in [1.165, 1.54) is 18.3 Å². The van der Waals surface area contributed by atoms with Gasteiger partial charge in [0.25, 0.3) is 5.91 Å². The topological polar surface area (TPSA) is 58.6 Å². The van der Waals surface area contributed by atoms with Crippen molar-refractivity contribution in [2.45, 2.75) is 6.92 Å². The van der Waals surface area contributed by atoms with Crippen LogP contribution in [0.25, 0.3) is 0 Å². The van der Waals surface area contributed by atoms with Crippen LogP contribution < -0.4 is 15.0 Å². The monoisotopic (exact) mass is 302 g/mol. The van der Waals surface area contributed by atoms with Gasteiger partial charge in [0, 0.05) is 6.92 Å². The third-order valence-electron chi connectivity index (χ3n) is 3.09. The number of hydrogen-bond donors (Lipinski definition) is 1. The highest BCUT2D eigenvalue weighted by molar-refractivity contribution is 7.18. The van der Waals surface area contributed by atoms with E-state index in [2.05, 4.69) is 5.32 Å². The fourth-order valence-corrected chi connectivity index (χ4v) is 3.11. The fraction of sp³-hybridized carbons (Fsp3) is 0.200. The highest BCUT2D eigenvalue weighted by atomic mass is 32.1. The number of nitrogens with one attached hydrogen (secondary N) is 1. The largest absolute Gasteiger partial charge is 0.490 e. The number of carbonyl (C=O) groups excluding carboxylic acids is 2. The second-order valence-corrected chi connectivity index (χ2v) is 5.70. The Kier molecular flexibility index (Phi) is 3.62. The molecule has 2 heterocycles. The first-order valence-electron chi connectivity index (χ1n) is 6.56. The number of fused-ring (bicyclic) bond motifs is 1. The smallest absolute Gasteiger partial charge is 0.268 e. The van der Waals surface area contributed by atoms with E-state index >= 15 is 0 Å². The van der Waals surface area contributed by atoms with Crippen LogP contribution >= 0.6 is 11.3 Å². The zero-order valence-electron chi connectivity index (χ0n) is 11.5. The molecule has 1 aliphatic rings. The van der Waals surface area contributed by atoms with Crippen LogP contribution in [0.2, 0.25) is 0 Å². The van der Waals surface area contributed by atoms with Crippen LogP contribution in [-0.2, 0) is 4.79 Å². The Morgan fingerprint density at radius 1 is 1.24 bits per heavy atom. The number of anilines is 2. The number of nitrogens with zero attached hydrogens (tertiary/aromatic N) is 1. The molecule has 0 atom stereocenters. The normalized spacial score (nSPS) is 13.3. The van der Waals surface area contributed by atoms with Gasteiger partial charge in [0.1, 0.15) is 12.4 Å². The number of hydrogen-bond acceptors (Lipinski definition) is 4. The van der Waals surface area contributed by atoms with Gasteiger partial charge in [-0.25, -0.2) is 0 Å². The van der Waals surface area contributed by atoms with E-state index in [-0.39, 0.29) is 11.8 Å². The number of thiophene rings is 1. The quantitative estimate of drug-likeness (QED) is 0.928. The van der Waals surface area contributed by atoms with Crippen LogP contribution in [0.15, 0.2) is 36.4 Å². The molecule has 0 saturated heterocycles. The van der Waals surface area contributed by atoms with Crippen molar-refractivity contribution in [1.82, 2.24) is 0 Å². The first-order valence-corrected chi connectivity index (χ1v) is 7.38. The highest BCUT2D eigenvalue weighted by Gasteiger charge is 2.25. The maximum atomic E-state index is 12.6. The van der Waals surface area contributed by atoms with Crippen LogP contribution in [0.5, 0.6) is 5.75 Å². The summed E-state index contributed by atoms with van der Waals surface area (Å²) >= 11 is 1.27. The first kappa shape index (κ1) is 13.6. The van der Waals surface area contributed by atoms with Crippen LogP contribution in [0.3, 0.4) is 0 Å². The molecule has 5 nitrogen and oxygen atoms in total. The molecule has 0 unspecified atom stereocenters. The molecule has 1 N–H and O–H groups in total. The summed E-state index contributed by atoms with van der Waals surface area (Å²) in [4.78, 5) is 26.0. The van der Waals surface area contributed by atoms with Crippen molar-refractivity contribution in [2.75, 3.05) is 23.4 Å². The minimum Gasteiger partial charge on any atom is -0.490 e. The summed E-state index contributed by atoms with van der Waals surface area (Å²) < 4.78 is 5.55. The van der Waals surface area contributed by atoms with Gasteiger partial charge >= 0.3 is 0 Å². The standard InChI is InChI=1S/C15H14N2O3S/c1-10(18)16-14-7-6-13(21-14)15(19)17-8-9-20-12-5-3-2-4-11(12)17/h2-7H,8-9H2,1H3,(H,16,18). The summed E-state index contributed by atoms with van der Waals surface area (Å²) in [5.74, 6) is 0.496. The Morgan fingerprint density at radius 2 is 2.05 bits per heavy atom. The summed E-state index contributed by atoms with van der Waals surface area (Å²) in [6, 6.07) is 11.0. The molecular formula is C15H14N2O3S. The molecule has 21 heavy (non-hydrogen) atoms. The molecule has 0 fully saturated rings. The molecule has 2 aromatic rings. The van der Waals surface area contributed by atoms with Gasteiger partial charge in [0.15, 0.2) is 0 Å². The minimum absolute atomic E-state index is 0.0765. The number of benzene rings is 1. The molecule has 1 aromatic heterocycles. The van der Waals surface area contributed by atoms with Gasteiger partial charge in [-0.05, 0) is 24.3 Å². The number of ether oxygens (including phenoxy) is 1. The Labute approximate surface area is 126 Å². The molecule has 0 saturated carbocycles. The molecular weight excluding hydrogens is 288 g/mol. The summed E-state index contributed by atoms with van der Waals surface area (Å²) in [7, 11) is 0. The molecule has 1 aromatic carbocycles. The van der Waals surface area contributed by atoms with Gasteiger partial charge in [-0.3, -0.25) is 9.59 Å². The Balaban J connectivity index is 1.86. The van der Waals surface area contributed by atoms with Gasteiger partial charge in [-0.15, -0.1) is 11.3 Å². The number of amides is 2. The SMILES string of the molecule is CC(=O)Nc1ccc(C(=O)N2CCOc3ccccc32)s1. The maximum Gasteiger partial charge on any atom is 0.268 e. The van der Waals surface area contributed by atoms with E-state index < -0.39 is 0 Å². The predicted molar refractivity (Wildman–Crippen MR) is 82.2 cm³/mol. The molecule has 0 bridgehead atoms. The molecule has 6 heteroatoms. The molecule has 0 aliphatic carbocycles. The number of carbonyl (C=O) groups is 2. The molecule has 1 aliphatic heterocycles. The average molecular weight is 302 g/mol. The lowest BCUT2D eigenvalue weighted by molar-refractivity contribution is -0.114. The Hall–Kier alpha value is -2.34. The van der Waals surface area contributed by atoms with Gasteiger partial charge in [-0.1, -0.05) is 12.1 Å². The molecule has 0 radical (unpaired) electrons. The Bertz CT molecular complexity index is 696. The Morgan fingerprint density at radius 3 is 2.86 bits per heavy atom. The lowest BCUT2D eigenvalue weighted by atomic mass is 10.2. The zero-order valence-corrected chi connectivity index (χ0v) is 12.3. The molecule has 108 valence electrons. The zero-order chi connectivity index (χ0) is 14.8. The van der Waals surface area contributed by atoms with Crippen molar-refractivity contribution in [1.29, 1.82) is 0 Å². The molecule has 3 rings (SSSR count). The predicted octanol–water partition coefficient (Wildman–Crippen LogP) is 2.75. The van der Waals surface area contributed by atoms with Crippen molar-refractivity contribution in [3.63, 3.8) is 0 Å². The van der Waals surface area contributed by atoms with E-state index in [0.717, 1.165) is 11.4 Å². The lowest BCUT2D eigenvalue weighted by Gasteiger charge is -2.29. The minimum atomic E-state index is -0.146. The van der Waals surface area contributed by atoms with Crippen molar-refractivity contribution in [3.8, 4) is 5.75 Å². The van der Waals surface area contributed by atoms with Crippen molar-refractivity contribution in [2.24, 2.45) is 0 Å². The van der Waals surface area contributed by atoms with E-state index in [4.69, 9.17) is 4.74 Å². The third kappa shape index (κ3) is 2.75. The summed E-state index contributed by atoms with van der Waals surface area (Å²) in [5.41, 5.74) is 0.781. The summed E-state index contributed by atoms with van der Waals surface area (Å²) in [6.07, 6.45) is 0. The third-order valence-corrected chi connectivity index (χ3v) is 4.08. The maximum absolute atomic E-state index is 12.6. The van der Waals surface area contributed by atoms with E-state index in [1.54, 1.807) is 17.0 Å². The van der Waals surface area contributed by atoms with Crippen LogP contribution in [-0.4, -0.2) is 25.0 Å². The molecule has 0 spiro atoms. The van der Waals surface area contributed by atoms with Crippen LogP contribution in [0.1, 0.15) is 16.6 Å². The van der Waals surface area contributed by atoms with Gasteiger partial charge < -0.3 is 15.0 Å². The van der Waals surface area contributed by atoms with Crippen LogP contribution in [0.4, 0.5) is 10.7 Å². The van der Waals surface area contributed by atoms with Gasteiger partial charge in [0.05, 0.1) is 22.1 Å². The van der Waals surface area contributed by atoms with Crippen molar-refractivity contribution < 1.29 is 14.3 Å². The van der Waals surface area contributed by atoms with E-state index in [0.29, 0.717) is 23.0 Å². The second-order valence-electron chi connectivity index (χ2n) is 4.62. The van der Waals surface area contributed by atoms with Gasteiger partial charge in [0.2, 0.25) is 5.91 Å². The van der Waals surface area contributed by atoms with Crippen molar-refractivity contribution >= 4 is 33.8 Å². The van der Waals surface area contributed by atoms with Gasteiger partial charge in [-0.2, -0.15) is 0 Å². The number of para-hydroxylation sites is 2. The van der Waals surface area contributed by atoms with E-state index in [9.17, 15) is 9.59 Å². The first-order chi connectivity index (χ1) is 10.1. The summed E-state index contributed by atoms with van der Waals surface area (Å²) in [5, 5.41) is 3.36. The average Bonchev–Trinajstić information content (AvgIpc) is 2.93. The lowest BCUT2D eigenvalue weighted by Crippen LogP contribution is -2.37.